The molecule has 0 bridgehead atoms. The molecule has 1 radical (unpaired) electrons. The van der Waals surface area contributed by atoms with Crippen molar-refractivity contribution >= 4 is 19.2 Å². The number of unbranched alkanes of at least 4 members (excludes halogenated alkanes) is 2. The highest BCUT2D eigenvalue weighted by Gasteiger charge is 2.10. The lowest BCUT2D eigenvalue weighted by molar-refractivity contribution is 0.669. The van der Waals surface area contributed by atoms with Gasteiger partial charge < -0.3 is 0 Å². The molecule has 11 heavy (non-hydrogen) atoms. The van der Waals surface area contributed by atoms with Gasteiger partial charge in [0, 0.05) is 0 Å². The third-order valence-electron chi connectivity index (χ3n) is 1.97. The number of halogens is 1. The van der Waals surface area contributed by atoms with Crippen LogP contribution in [-0.2, 0) is 0 Å². The van der Waals surface area contributed by atoms with Crippen LogP contribution < -0.4 is 0 Å². The molecule has 0 aromatic heterocycles. The van der Waals surface area contributed by atoms with E-state index in [4.69, 9.17) is 11.1 Å². The van der Waals surface area contributed by atoms with Crippen molar-refractivity contribution in [2.24, 2.45) is 0 Å². The average molecular weight is 190 g/mol. The summed E-state index contributed by atoms with van der Waals surface area (Å²) < 4.78 is 0. The second-order valence-corrected chi connectivity index (χ2v) is 7.01. The molecule has 0 aliphatic carbocycles. The zero-order valence-corrected chi connectivity index (χ0v) is 9.32. The van der Waals surface area contributed by atoms with E-state index in [9.17, 15) is 0 Å². The predicted octanol–water partition coefficient (Wildman–Crippen LogP) is 3.98. The second-order valence-electron chi connectivity index (χ2n) is 3.06. The lowest BCUT2D eigenvalue weighted by atomic mass is 10.1. The predicted molar refractivity (Wildman–Crippen MR) is 55.6 cm³/mol. The molecule has 0 amide bonds. The van der Waals surface area contributed by atoms with E-state index in [1.165, 1.54) is 19.3 Å². The van der Waals surface area contributed by atoms with Crippen LogP contribution in [0.2, 0.25) is 12.1 Å². The molecule has 0 N–H and O–H groups in total. The summed E-state index contributed by atoms with van der Waals surface area (Å²) >= 11 is 6.02. The molecule has 0 spiro atoms. The first kappa shape index (κ1) is 11.2. The number of rotatable bonds is 6. The molecule has 0 heterocycles. The summed E-state index contributed by atoms with van der Waals surface area (Å²) in [5.74, 6) is 0. The van der Waals surface area contributed by atoms with Gasteiger partial charge in [-0.3, -0.25) is 0 Å². The van der Waals surface area contributed by atoms with Crippen LogP contribution in [0.3, 0.4) is 0 Å². The van der Waals surface area contributed by atoms with Gasteiger partial charge in [0.2, 0.25) is 0 Å². The molecule has 0 fully saturated rings. The Balaban J connectivity index is 3.17. The fraction of sp³-hybridized carbons (Fsp3) is 0.778. The fourth-order valence-electron chi connectivity index (χ4n) is 0.938. The normalized spacial score (nSPS) is 13.5. The van der Waals surface area contributed by atoms with Crippen molar-refractivity contribution in [3.63, 3.8) is 0 Å². The van der Waals surface area contributed by atoms with Crippen LogP contribution >= 0.6 is 11.1 Å². The molecule has 1 atom stereocenters. The van der Waals surface area contributed by atoms with Crippen LogP contribution in [0.1, 0.15) is 32.6 Å². The number of allylic oxidation sites excluding steroid dienone is 1. The van der Waals surface area contributed by atoms with E-state index < -0.39 is 8.11 Å². The largest absolute Gasteiger partial charge is 0.169 e. The summed E-state index contributed by atoms with van der Waals surface area (Å²) in [7, 11) is -0.553. The van der Waals surface area contributed by atoms with Crippen molar-refractivity contribution in [3.8, 4) is 0 Å². The van der Waals surface area contributed by atoms with Gasteiger partial charge in [0.1, 0.15) is 0 Å². The van der Waals surface area contributed by atoms with Gasteiger partial charge in [-0.25, -0.2) is 0 Å². The first-order chi connectivity index (χ1) is 5.18. The minimum Gasteiger partial charge on any atom is -0.169 e. The third kappa shape index (κ3) is 6.64. The van der Waals surface area contributed by atoms with Crippen molar-refractivity contribution in [2.45, 2.75) is 44.7 Å². The second kappa shape index (κ2) is 6.93. The Bertz CT molecular complexity index is 102. The molecule has 0 saturated carbocycles. The van der Waals surface area contributed by atoms with E-state index in [1.807, 2.05) is 6.08 Å². The van der Waals surface area contributed by atoms with Gasteiger partial charge in [-0.2, -0.15) is 11.1 Å². The molecule has 0 aromatic rings. The Morgan fingerprint density at radius 1 is 1.55 bits per heavy atom. The van der Waals surface area contributed by atoms with Crippen molar-refractivity contribution in [3.05, 3.63) is 12.7 Å². The lowest BCUT2D eigenvalue weighted by Gasteiger charge is -2.10. The highest BCUT2D eigenvalue weighted by atomic mass is 35.6. The minimum atomic E-state index is -0.553. The van der Waals surface area contributed by atoms with Gasteiger partial charge in [0.25, 0.3) is 0 Å². The molecule has 1 unspecified atom stereocenters. The van der Waals surface area contributed by atoms with E-state index in [1.54, 1.807) is 0 Å². The number of hydrogen-bond donors (Lipinski definition) is 0. The molecule has 0 rings (SSSR count). The van der Waals surface area contributed by atoms with E-state index >= 15 is 0 Å². The van der Waals surface area contributed by atoms with E-state index in [0.717, 1.165) is 12.0 Å². The minimum absolute atomic E-state index is 0.553. The fourth-order valence-corrected chi connectivity index (χ4v) is 1.87. The van der Waals surface area contributed by atoms with Gasteiger partial charge in [-0.1, -0.05) is 32.4 Å². The summed E-state index contributed by atoms with van der Waals surface area (Å²) in [4.78, 5) is 0. The van der Waals surface area contributed by atoms with E-state index in [2.05, 4.69) is 20.0 Å². The Labute approximate surface area is 77.0 Å². The molecule has 0 aliphatic rings. The number of hydrogen-bond acceptors (Lipinski definition) is 0. The van der Waals surface area contributed by atoms with Gasteiger partial charge in [0.05, 0.1) is 0 Å². The Hall–Kier alpha value is 0.247. The zero-order valence-electron chi connectivity index (χ0n) is 7.57. The molecule has 0 aliphatic heterocycles. The Morgan fingerprint density at radius 2 is 2.18 bits per heavy atom. The molecule has 2 heteroatoms. The SMILES string of the molecule is C=CCCCCC(C)[Si](C)Cl. The maximum atomic E-state index is 6.02. The van der Waals surface area contributed by atoms with Crippen molar-refractivity contribution in [1.82, 2.24) is 0 Å². The maximum Gasteiger partial charge on any atom is 0.165 e. The van der Waals surface area contributed by atoms with Crippen LogP contribution in [0, 0.1) is 0 Å². The van der Waals surface area contributed by atoms with E-state index in [0.29, 0.717) is 0 Å². The first-order valence-corrected chi connectivity index (χ1v) is 7.37. The Morgan fingerprint density at radius 3 is 2.64 bits per heavy atom. The maximum absolute atomic E-state index is 6.02. The quantitative estimate of drug-likeness (QED) is 0.257. The van der Waals surface area contributed by atoms with Gasteiger partial charge >= 0.3 is 0 Å². The molecule has 65 valence electrons. The molecule has 0 nitrogen and oxygen atoms in total. The summed E-state index contributed by atoms with van der Waals surface area (Å²) in [6.07, 6.45) is 7.02. The molecular formula is C9H18ClSi. The molecular weight excluding hydrogens is 172 g/mol. The van der Waals surface area contributed by atoms with Gasteiger partial charge in [-0.05, 0) is 18.4 Å². The standard InChI is InChI=1S/C9H18ClSi/c1-4-5-6-7-8-9(2)11(3)10/h4,9H,1,5-8H2,2-3H3. The summed E-state index contributed by atoms with van der Waals surface area (Å²) in [5, 5.41) is 0. The van der Waals surface area contributed by atoms with Crippen molar-refractivity contribution < 1.29 is 0 Å². The van der Waals surface area contributed by atoms with Crippen LogP contribution in [0.5, 0.6) is 0 Å². The smallest absolute Gasteiger partial charge is 0.165 e. The topological polar surface area (TPSA) is 0 Å². The van der Waals surface area contributed by atoms with Crippen LogP contribution in [0.15, 0.2) is 12.7 Å². The summed E-state index contributed by atoms with van der Waals surface area (Å²) in [6, 6.07) is 0. The van der Waals surface area contributed by atoms with Crippen LogP contribution in [0.4, 0.5) is 0 Å². The summed E-state index contributed by atoms with van der Waals surface area (Å²) in [6.45, 7) is 8.12. The van der Waals surface area contributed by atoms with E-state index in [-0.39, 0.29) is 0 Å². The van der Waals surface area contributed by atoms with Gasteiger partial charge in [-0.15, -0.1) is 6.58 Å². The molecule has 0 aromatic carbocycles. The van der Waals surface area contributed by atoms with Crippen LogP contribution in [0.25, 0.3) is 0 Å². The van der Waals surface area contributed by atoms with Gasteiger partial charge in [0.15, 0.2) is 8.11 Å². The Kier molecular flexibility index (Phi) is 7.08. The third-order valence-corrected chi connectivity index (χ3v) is 4.74. The van der Waals surface area contributed by atoms with Crippen LogP contribution in [-0.4, -0.2) is 8.11 Å². The highest BCUT2D eigenvalue weighted by molar-refractivity contribution is 7.06. The monoisotopic (exact) mass is 189 g/mol. The van der Waals surface area contributed by atoms with Crippen molar-refractivity contribution in [1.29, 1.82) is 0 Å². The first-order valence-electron chi connectivity index (χ1n) is 4.28. The lowest BCUT2D eigenvalue weighted by Crippen LogP contribution is -2.05. The summed E-state index contributed by atoms with van der Waals surface area (Å²) in [5.41, 5.74) is 0.756. The zero-order chi connectivity index (χ0) is 8.69. The average Bonchev–Trinajstić information content (AvgIpc) is 1.97. The van der Waals surface area contributed by atoms with Crippen molar-refractivity contribution in [2.75, 3.05) is 0 Å². The highest BCUT2D eigenvalue weighted by Crippen LogP contribution is 2.20. The molecule has 0 saturated heterocycles.